The van der Waals surface area contributed by atoms with E-state index in [4.69, 9.17) is 5.11 Å². The molecule has 0 unspecified atom stereocenters. The standard InChI is InChI=1S/C12H19N3O4/c1-12(2,3)9(11(18)19)13-10(17)7-5-6-8(16)15(4)14-7/h9H,5-6H2,1-4H3,(H,13,17)(H,18,19)/t9-/m1/s1. The lowest BCUT2D eigenvalue weighted by molar-refractivity contribution is -0.144. The Morgan fingerprint density at radius 3 is 2.37 bits per heavy atom. The largest absolute Gasteiger partial charge is 0.480 e. The molecule has 0 saturated carbocycles. The number of carboxylic acid groups (broad SMARTS) is 1. The second-order valence-electron chi connectivity index (χ2n) is 5.57. The summed E-state index contributed by atoms with van der Waals surface area (Å²) in [5.41, 5.74) is -0.434. The Labute approximate surface area is 111 Å². The molecule has 0 radical (unpaired) electrons. The molecular weight excluding hydrogens is 250 g/mol. The van der Waals surface area contributed by atoms with E-state index >= 15 is 0 Å². The lowest BCUT2D eigenvalue weighted by atomic mass is 9.86. The Morgan fingerprint density at radius 2 is 1.95 bits per heavy atom. The topological polar surface area (TPSA) is 99.1 Å². The van der Waals surface area contributed by atoms with Crippen molar-refractivity contribution in [2.24, 2.45) is 10.5 Å². The zero-order valence-electron chi connectivity index (χ0n) is 11.6. The van der Waals surface area contributed by atoms with Crippen molar-refractivity contribution < 1.29 is 19.5 Å². The summed E-state index contributed by atoms with van der Waals surface area (Å²) in [7, 11) is 1.47. The lowest BCUT2D eigenvalue weighted by Gasteiger charge is -2.28. The van der Waals surface area contributed by atoms with Crippen molar-refractivity contribution in [3.05, 3.63) is 0 Å². The van der Waals surface area contributed by atoms with Crippen LogP contribution in [-0.2, 0) is 14.4 Å². The predicted molar refractivity (Wildman–Crippen MR) is 68.5 cm³/mol. The summed E-state index contributed by atoms with van der Waals surface area (Å²) in [5.74, 6) is -1.80. The minimum absolute atomic E-state index is 0.165. The van der Waals surface area contributed by atoms with Crippen LogP contribution in [0.3, 0.4) is 0 Å². The van der Waals surface area contributed by atoms with E-state index in [1.54, 1.807) is 20.8 Å². The van der Waals surface area contributed by atoms with Crippen LogP contribution < -0.4 is 5.32 Å². The number of nitrogens with one attached hydrogen (secondary N) is 1. The maximum absolute atomic E-state index is 12.0. The Balaban J connectivity index is 2.82. The maximum atomic E-state index is 12.0. The van der Waals surface area contributed by atoms with Crippen LogP contribution in [0.1, 0.15) is 33.6 Å². The molecule has 106 valence electrons. The summed E-state index contributed by atoms with van der Waals surface area (Å²) in [6.07, 6.45) is 0.432. The molecule has 7 heteroatoms. The molecule has 0 spiro atoms. The summed E-state index contributed by atoms with van der Waals surface area (Å²) in [6, 6.07) is -1.01. The second-order valence-corrected chi connectivity index (χ2v) is 5.57. The molecule has 0 aromatic heterocycles. The van der Waals surface area contributed by atoms with Crippen molar-refractivity contribution >= 4 is 23.5 Å². The Kier molecular flexibility index (Phi) is 4.28. The van der Waals surface area contributed by atoms with Gasteiger partial charge in [-0.25, -0.2) is 9.80 Å². The van der Waals surface area contributed by atoms with Gasteiger partial charge in [0, 0.05) is 19.9 Å². The van der Waals surface area contributed by atoms with Gasteiger partial charge in [-0.3, -0.25) is 9.59 Å². The molecule has 2 amide bonds. The van der Waals surface area contributed by atoms with Gasteiger partial charge in [-0.15, -0.1) is 0 Å². The Hall–Kier alpha value is -1.92. The fraction of sp³-hybridized carbons (Fsp3) is 0.667. The lowest BCUT2D eigenvalue weighted by Crippen LogP contribution is -2.51. The molecule has 0 aliphatic carbocycles. The van der Waals surface area contributed by atoms with Gasteiger partial charge in [-0.2, -0.15) is 5.10 Å². The highest BCUT2D eigenvalue weighted by molar-refractivity contribution is 6.39. The first-order valence-corrected chi connectivity index (χ1v) is 6.00. The molecule has 0 aromatic rings. The molecule has 0 fully saturated rings. The van der Waals surface area contributed by atoms with E-state index in [1.165, 1.54) is 7.05 Å². The third-order valence-electron chi connectivity index (χ3n) is 2.86. The van der Waals surface area contributed by atoms with Crippen molar-refractivity contribution in [3.8, 4) is 0 Å². The van der Waals surface area contributed by atoms with Gasteiger partial charge < -0.3 is 10.4 Å². The minimum atomic E-state index is -1.10. The van der Waals surface area contributed by atoms with Gasteiger partial charge >= 0.3 is 5.97 Å². The highest BCUT2D eigenvalue weighted by Crippen LogP contribution is 2.19. The van der Waals surface area contributed by atoms with Crippen LogP contribution in [-0.4, -0.2) is 46.7 Å². The van der Waals surface area contributed by atoms with Crippen LogP contribution in [0, 0.1) is 5.41 Å². The molecule has 19 heavy (non-hydrogen) atoms. The highest BCUT2D eigenvalue weighted by Gasteiger charge is 2.34. The number of carbonyl (C=O) groups excluding carboxylic acids is 2. The number of amides is 2. The van der Waals surface area contributed by atoms with Crippen molar-refractivity contribution in [2.75, 3.05) is 7.05 Å². The molecule has 1 aliphatic heterocycles. The molecule has 0 bridgehead atoms. The van der Waals surface area contributed by atoms with Crippen LogP contribution in [0.5, 0.6) is 0 Å². The number of hydrazone groups is 1. The SMILES string of the molecule is CN1N=C(C(=O)N[C@H](C(=O)O)C(C)(C)C)CCC1=O. The summed E-state index contributed by atoms with van der Waals surface area (Å²) < 4.78 is 0. The molecule has 1 atom stereocenters. The van der Waals surface area contributed by atoms with Gasteiger partial charge in [0.05, 0.1) is 0 Å². The normalized spacial score (nSPS) is 17.8. The molecule has 0 aromatic carbocycles. The maximum Gasteiger partial charge on any atom is 0.326 e. The van der Waals surface area contributed by atoms with Gasteiger partial charge in [0.25, 0.3) is 5.91 Å². The Morgan fingerprint density at radius 1 is 1.37 bits per heavy atom. The number of aliphatic carboxylic acids is 1. The molecule has 1 aliphatic rings. The van der Waals surface area contributed by atoms with Crippen molar-refractivity contribution in [3.63, 3.8) is 0 Å². The van der Waals surface area contributed by atoms with Crippen LogP contribution in [0.15, 0.2) is 5.10 Å². The molecule has 1 heterocycles. The van der Waals surface area contributed by atoms with Crippen LogP contribution in [0.25, 0.3) is 0 Å². The van der Waals surface area contributed by atoms with E-state index in [0.29, 0.717) is 0 Å². The summed E-state index contributed by atoms with van der Waals surface area (Å²) in [6.45, 7) is 5.18. The average molecular weight is 269 g/mol. The summed E-state index contributed by atoms with van der Waals surface area (Å²) >= 11 is 0. The van der Waals surface area contributed by atoms with Gasteiger partial charge in [0.15, 0.2) is 0 Å². The van der Waals surface area contributed by atoms with Crippen molar-refractivity contribution in [1.29, 1.82) is 0 Å². The minimum Gasteiger partial charge on any atom is -0.480 e. The number of carbonyl (C=O) groups is 3. The van der Waals surface area contributed by atoms with Crippen LogP contribution in [0.2, 0.25) is 0 Å². The number of carboxylic acids is 1. The second kappa shape index (κ2) is 5.38. The fourth-order valence-corrected chi connectivity index (χ4v) is 1.70. The van der Waals surface area contributed by atoms with E-state index in [2.05, 4.69) is 10.4 Å². The van der Waals surface area contributed by atoms with Crippen LogP contribution >= 0.6 is 0 Å². The fourth-order valence-electron chi connectivity index (χ4n) is 1.70. The molecular formula is C12H19N3O4. The highest BCUT2D eigenvalue weighted by atomic mass is 16.4. The van der Waals surface area contributed by atoms with E-state index in [-0.39, 0.29) is 24.5 Å². The zero-order valence-corrected chi connectivity index (χ0v) is 11.6. The average Bonchev–Trinajstić information content (AvgIpc) is 2.27. The van der Waals surface area contributed by atoms with E-state index in [0.717, 1.165) is 5.01 Å². The number of rotatable bonds is 3. The van der Waals surface area contributed by atoms with Crippen molar-refractivity contribution in [2.45, 2.75) is 39.7 Å². The number of hydrogen-bond acceptors (Lipinski definition) is 4. The van der Waals surface area contributed by atoms with E-state index in [9.17, 15) is 14.4 Å². The number of nitrogens with zero attached hydrogens (tertiary/aromatic N) is 2. The van der Waals surface area contributed by atoms with E-state index < -0.39 is 23.3 Å². The monoisotopic (exact) mass is 269 g/mol. The van der Waals surface area contributed by atoms with Gasteiger partial charge in [0.1, 0.15) is 11.8 Å². The first-order valence-electron chi connectivity index (χ1n) is 6.00. The summed E-state index contributed by atoms with van der Waals surface area (Å²) in [4.78, 5) is 34.4. The first-order chi connectivity index (χ1) is 8.62. The van der Waals surface area contributed by atoms with Gasteiger partial charge in [-0.1, -0.05) is 20.8 Å². The van der Waals surface area contributed by atoms with Gasteiger partial charge in [-0.05, 0) is 5.41 Å². The molecule has 2 N–H and O–H groups in total. The molecule has 7 nitrogen and oxygen atoms in total. The van der Waals surface area contributed by atoms with Crippen LogP contribution in [0.4, 0.5) is 0 Å². The van der Waals surface area contributed by atoms with Crippen molar-refractivity contribution in [1.82, 2.24) is 10.3 Å². The predicted octanol–water partition coefficient (Wildman–Crippen LogP) is 0.210. The smallest absolute Gasteiger partial charge is 0.326 e. The first kappa shape index (κ1) is 15.1. The third-order valence-corrected chi connectivity index (χ3v) is 2.86. The third kappa shape index (κ3) is 3.77. The number of hydrogen-bond donors (Lipinski definition) is 2. The summed E-state index contributed by atoms with van der Waals surface area (Å²) in [5, 5.41) is 16.5. The Bertz CT molecular complexity index is 437. The van der Waals surface area contributed by atoms with Gasteiger partial charge in [0.2, 0.25) is 5.91 Å². The molecule has 0 saturated heterocycles. The molecule has 1 rings (SSSR count). The zero-order chi connectivity index (χ0) is 14.8. The quantitative estimate of drug-likeness (QED) is 0.765. The van der Waals surface area contributed by atoms with E-state index in [1.807, 2.05) is 0 Å².